The summed E-state index contributed by atoms with van der Waals surface area (Å²) in [6.07, 6.45) is 9.72. The summed E-state index contributed by atoms with van der Waals surface area (Å²) in [5.74, 6) is -0.784. The van der Waals surface area contributed by atoms with E-state index in [0.717, 1.165) is 25.7 Å². The zero-order chi connectivity index (χ0) is 31.9. The fourth-order valence-corrected chi connectivity index (χ4v) is 5.91. The largest absolute Gasteiger partial charge is 0.460 e. The van der Waals surface area contributed by atoms with Crippen molar-refractivity contribution in [2.45, 2.75) is 180 Å². The standard InChI is InChI=1S/C34H58O8/c1-23(2)13-11-19-31(7,37)27(39-25(5)35)17-21-33(9)29(41-33)15-16-30-34(10,42-30)22-18-28(40-26(6)36)32(8,38)20-12-14-24(3)4/h13-14,27-30,37-38H,11-12,15-22H2,1-10H3/t27-,28-,29-,30-,31+,32+,33-,34-/m1/s1. The molecule has 0 aromatic carbocycles. The third-order valence-electron chi connectivity index (χ3n) is 8.98. The van der Waals surface area contributed by atoms with Crippen LogP contribution in [-0.2, 0) is 28.5 Å². The second-order valence-electron chi connectivity index (χ2n) is 14.0. The first-order valence-electron chi connectivity index (χ1n) is 15.7. The molecule has 0 radical (unpaired) electrons. The van der Waals surface area contributed by atoms with Crippen molar-refractivity contribution >= 4 is 11.9 Å². The van der Waals surface area contributed by atoms with E-state index in [4.69, 9.17) is 18.9 Å². The van der Waals surface area contributed by atoms with Gasteiger partial charge < -0.3 is 29.2 Å². The molecule has 8 heteroatoms. The third-order valence-corrected chi connectivity index (χ3v) is 8.98. The number of aliphatic hydroxyl groups is 2. The Balaban J connectivity index is 1.84. The Morgan fingerprint density at radius 2 is 1.07 bits per heavy atom. The van der Waals surface area contributed by atoms with Crippen LogP contribution in [0.4, 0.5) is 0 Å². The monoisotopic (exact) mass is 594 g/mol. The zero-order valence-electron chi connectivity index (χ0n) is 27.9. The Hall–Kier alpha value is -1.74. The molecular weight excluding hydrogens is 536 g/mol. The maximum absolute atomic E-state index is 11.8. The van der Waals surface area contributed by atoms with E-state index in [2.05, 4.69) is 26.0 Å². The highest BCUT2D eigenvalue weighted by Crippen LogP contribution is 2.49. The Kier molecular flexibility index (Phi) is 12.9. The third kappa shape index (κ3) is 11.7. The molecule has 0 amide bonds. The summed E-state index contributed by atoms with van der Waals surface area (Å²) in [4.78, 5) is 23.6. The van der Waals surface area contributed by atoms with Crippen LogP contribution in [0, 0.1) is 0 Å². The van der Waals surface area contributed by atoms with Gasteiger partial charge in [0.25, 0.3) is 0 Å². The van der Waals surface area contributed by atoms with Gasteiger partial charge in [-0.15, -0.1) is 0 Å². The summed E-state index contributed by atoms with van der Waals surface area (Å²) in [7, 11) is 0. The Morgan fingerprint density at radius 1 is 0.738 bits per heavy atom. The van der Waals surface area contributed by atoms with Gasteiger partial charge in [0, 0.05) is 13.8 Å². The summed E-state index contributed by atoms with van der Waals surface area (Å²) >= 11 is 0. The molecule has 2 N–H and O–H groups in total. The van der Waals surface area contributed by atoms with Crippen LogP contribution in [0.5, 0.6) is 0 Å². The quantitative estimate of drug-likeness (QED) is 0.0988. The number of epoxide rings is 2. The summed E-state index contributed by atoms with van der Waals surface area (Å²) < 4.78 is 23.3. The van der Waals surface area contributed by atoms with Crippen LogP contribution >= 0.6 is 0 Å². The second-order valence-corrected chi connectivity index (χ2v) is 14.0. The van der Waals surface area contributed by atoms with Crippen LogP contribution < -0.4 is 0 Å². The predicted molar refractivity (Wildman–Crippen MR) is 164 cm³/mol. The van der Waals surface area contributed by atoms with Crippen molar-refractivity contribution in [2.75, 3.05) is 0 Å². The van der Waals surface area contributed by atoms with Gasteiger partial charge in [0.1, 0.15) is 12.2 Å². The molecule has 242 valence electrons. The van der Waals surface area contributed by atoms with E-state index in [9.17, 15) is 19.8 Å². The van der Waals surface area contributed by atoms with Crippen molar-refractivity contribution < 1.29 is 38.7 Å². The van der Waals surface area contributed by atoms with Crippen molar-refractivity contribution in [1.29, 1.82) is 0 Å². The molecule has 2 aliphatic heterocycles. The van der Waals surface area contributed by atoms with E-state index in [1.54, 1.807) is 13.8 Å². The molecule has 8 atom stereocenters. The molecule has 0 aromatic heterocycles. The Morgan fingerprint density at radius 3 is 1.36 bits per heavy atom. The normalized spacial score (nSPS) is 28.9. The minimum Gasteiger partial charge on any atom is -0.460 e. The number of carbonyl (C=O) groups excluding carboxylic acids is 2. The summed E-state index contributed by atoms with van der Waals surface area (Å²) in [5, 5.41) is 22.2. The number of hydrogen-bond acceptors (Lipinski definition) is 8. The van der Waals surface area contributed by atoms with Crippen LogP contribution in [0.3, 0.4) is 0 Å². The Bertz CT molecular complexity index is 896. The topological polar surface area (TPSA) is 118 Å². The lowest BCUT2D eigenvalue weighted by molar-refractivity contribution is -0.163. The molecule has 8 nitrogen and oxygen atoms in total. The van der Waals surface area contributed by atoms with Crippen LogP contribution in [-0.4, -0.2) is 69.0 Å². The number of hydrogen-bond donors (Lipinski definition) is 2. The molecule has 0 aliphatic carbocycles. The number of esters is 2. The van der Waals surface area contributed by atoms with Gasteiger partial charge in [0.15, 0.2) is 0 Å². The van der Waals surface area contributed by atoms with Gasteiger partial charge in [-0.3, -0.25) is 9.59 Å². The second kappa shape index (κ2) is 14.8. The molecule has 2 aliphatic rings. The van der Waals surface area contributed by atoms with Gasteiger partial charge in [0.2, 0.25) is 0 Å². The number of rotatable bonds is 19. The first kappa shape index (κ1) is 36.5. The van der Waals surface area contributed by atoms with Gasteiger partial charge >= 0.3 is 11.9 Å². The molecule has 42 heavy (non-hydrogen) atoms. The average molecular weight is 595 g/mol. The number of ether oxygens (including phenoxy) is 4. The van der Waals surface area contributed by atoms with E-state index in [1.807, 2.05) is 27.7 Å². The molecule has 2 fully saturated rings. The van der Waals surface area contributed by atoms with Crippen molar-refractivity contribution in [3.63, 3.8) is 0 Å². The predicted octanol–water partition coefficient (Wildman–Crippen LogP) is 6.50. The number of allylic oxidation sites excluding steroid dienone is 4. The van der Waals surface area contributed by atoms with Crippen molar-refractivity contribution in [2.24, 2.45) is 0 Å². The smallest absolute Gasteiger partial charge is 0.303 e. The molecule has 2 rings (SSSR count). The lowest BCUT2D eigenvalue weighted by Crippen LogP contribution is -2.42. The van der Waals surface area contributed by atoms with Gasteiger partial charge in [0.05, 0.1) is 34.6 Å². The SMILES string of the molecule is CC(=O)O[C@H](CC[C@@]1(C)O[C@@H]1CC[C@H]1O[C@]1(C)CC[C@@H](OC(C)=O)[C@@](C)(O)CCC=C(C)C)[C@@](C)(O)CCC=C(C)C. The molecule has 0 spiro atoms. The zero-order valence-corrected chi connectivity index (χ0v) is 27.9. The molecule has 0 bridgehead atoms. The van der Waals surface area contributed by atoms with Gasteiger partial charge in [-0.25, -0.2) is 0 Å². The lowest BCUT2D eigenvalue weighted by Gasteiger charge is -2.32. The van der Waals surface area contributed by atoms with Crippen LogP contribution in [0.15, 0.2) is 23.3 Å². The first-order valence-corrected chi connectivity index (χ1v) is 15.7. The Labute approximate surface area is 254 Å². The van der Waals surface area contributed by atoms with Crippen LogP contribution in [0.2, 0.25) is 0 Å². The maximum atomic E-state index is 11.8. The van der Waals surface area contributed by atoms with Crippen molar-refractivity contribution in [1.82, 2.24) is 0 Å². The van der Waals surface area contributed by atoms with Gasteiger partial charge in [-0.05, 0) is 120 Å². The highest BCUT2D eigenvalue weighted by molar-refractivity contribution is 5.66. The summed E-state index contributed by atoms with van der Waals surface area (Å²) in [5.41, 5.74) is -0.490. The van der Waals surface area contributed by atoms with E-state index >= 15 is 0 Å². The van der Waals surface area contributed by atoms with E-state index in [-0.39, 0.29) is 23.4 Å². The summed E-state index contributed by atoms with van der Waals surface area (Å²) in [6, 6.07) is 0. The van der Waals surface area contributed by atoms with E-state index < -0.39 is 35.3 Å². The molecule has 0 aromatic rings. The van der Waals surface area contributed by atoms with Gasteiger partial charge in [-0.1, -0.05) is 23.3 Å². The summed E-state index contributed by atoms with van der Waals surface area (Å²) in [6.45, 7) is 18.5. The van der Waals surface area contributed by atoms with E-state index in [1.165, 1.54) is 25.0 Å². The lowest BCUT2D eigenvalue weighted by atomic mass is 9.86. The van der Waals surface area contributed by atoms with Gasteiger partial charge in [-0.2, -0.15) is 0 Å². The molecular formula is C34H58O8. The maximum Gasteiger partial charge on any atom is 0.303 e. The van der Waals surface area contributed by atoms with Crippen LogP contribution in [0.25, 0.3) is 0 Å². The highest BCUT2D eigenvalue weighted by atomic mass is 16.6. The molecule has 0 unspecified atom stereocenters. The minimum absolute atomic E-state index is 0.0872. The molecule has 2 heterocycles. The van der Waals surface area contributed by atoms with E-state index in [0.29, 0.717) is 38.5 Å². The molecule has 2 saturated heterocycles. The number of carbonyl (C=O) groups is 2. The highest BCUT2D eigenvalue weighted by Gasteiger charge is 2.56. The first-order chi connectivity index (χ1) is 19.3. The minimum atomic E-state index is -1.12. The average Bonchev–Trinajstić information content (AvgIpc) is 3.70. The van der Waals surface area contributed by atoms with Crippen molar-refractivity contribution in [3.8, 4) is 0 Å². The van der Waals surface area contributed by atoms with Crippen LogP contribution in [0.1, 0.15) is 133 Å². The fourth-order valence-electron chi connectivity index (χ4n) is 5.91. The fraction of sp³-hybridized carbons (Fsp3) is 0.824. The molecule has 0 saturated carbocycles. The van der Waals surface area contributed by atoms with Crippen molar-refractivity contribution in [3.05, 3.63) is 23.3 Å².